The van der Waals surface area contributed by atoms with Crippen molar-refractivity contribution in [3.8, 4) is 11.4 Å². The van der Waals surface area contributed by atoms with Gasteiger partial charge in [0, 0.05) is 37.1 Å². The molecular formula is C32H30N4O5. The average Bonchev–Trinajstić information content (AvgIpc) is 3.56. The van der Waals surface area contributed by atoms with E-state index in [4.69, 9.17) is 14.5 Å². The molecule has 1 unspecified atom stereocenters. The predicted octanol–water partition coefficient (Wildman–Crippen LogP) is 5.23. The number of esters is 2. The first kappa shape index (κ1) is 27.5. The van der Waals surface area contributed by atoms with Gasteiger partial charge in [-0.2, -0.15) is 0 Å². The van der Waals surface area contributed by atoms with Crippen molar-refractivity contribution < 1.29 is 23.9 Å². The number of aryl methyl sites for hydroxylation is 2. The molecule has 5 rings (SSSR count). The summed E-state index contributed by atoms with van der Waals surface area (Å²) >= 11 is 0. The van der Waals surface area contributed by atoms with E-state index in [1.165, 1.54) is 7.11 Å². The molecule has 0 saturated heterocycles. The number of methoxy groups -OCH3 is 1. The number of nitrogens with zero attached hydrogens (tertiary/aromatic N) is 3. The molecule has 9 heteroatoms. The van der Waals surface area contributed by atoms with E-state index in [1.807, 2.05) is 66.3 Å². The molecule has 9 nitrogen and oxygen atoms in total. The molecule has 1 N–H and O–H groups in total. The van der Waals surface area contributed by atoms with Crippen LogP contribution in [0, 0.1) is 0 Å². The number of ether oxygens (including phenoxy) is 2. The first-order valence-corrected chi connectivity index (χ1v) is 13.3. The van der Waals surface area contributed by atoms with Crippen LogP contribution in [-0.2, 0) is 32.5 Å². The normalized spacial score (nSPS) is 14.4. The maximum Gasteiger partial charge on any atom is 0.337 e. The Morgan fingerprint density at radius 2 is 1.85 bits per heavy atom. The minimum Gasteiger partial charge on any atom is -0.466 e. The number of amides is 1. The molecule has 1 amide bonds. The van der Waals surface area contributed by atoms with Crippen molar-refractivity contribution in [2.45, 2.75) is 25.7 Å². The highest BCUT2D eigenvalue weighted by molar-refractivity contribution is 6.24. The molecule has 0 fully saturated rings. The number of benzene rings is 3. The predicted molar refractivity (Wildman–Crippen MR) is 155 cm³/mol. The topological polar surface area (TPSA) is 112 Å². The lowest BCUT2D eigenvalue weighted by molar-refractivity contribution is -0.143. The van der Waals surface area contributed by atoms with Crippen molar-refractivity contribution in [2.24, 2.45) is 12.0 Å². The lowest BCUT2D eigenvalue weighted by Crippen LogP contribution is -2.22. The quantitative estimate of drug-likeness (QED) is 0.226. The molecule has 0 saturated carbocycles. The maximum atomic E-state index is 13.4. The summed E-state index contributed by atoms with van der Waals surface area (Å²) < 4.78 is 11.9. The van der Waals surface area contributed by atoms with Gasteiger partial charge in [-0.1, -0.05) is 24.3 Å². The van der Waals surface area contributed by atoms with Crippen molar-refractivity contribution >= 4 is 34.9 Å². The Hall–Kier alpha value is -5.05. The highest BCUT2D eigenvalue weighted by atomic mass is 16.5. The number of hydrogen-bond donors (Lipinski definition) is 1. The Bertz CT molecular complexity index is 1640. The maximum absolute atomic E-state index is 13.4. The number of aromatic nitrogens is 2. The van der Waals surface area contributed by atoms with Crippen molar-refractivity contribution in [1.82, 2.24) is 9.55 Å². The van der Waals surface area contributed by atoms with E-state index < -0.39 is 11.9 Å². The summed E-state index contributed by atoms with van der Waals surface area (Å²) in [5, 5.41) is 2.91. The van der Waals surface area contributed by atoms with E-state index in [1.54, 1.807) is 31.3 Å². The van der Waals surface area contributed by atoms with Crippen LogP contribution in [-0.4, -0.2) is 46.8 Å². The first-order chi connectivity index (χ1) is 19.9. The summed E-state index contributed by atoms with van der Waals surface area (Å²) in [4.78, 5) is 46.9. The second kappa shape index (κ2) is 12.0. The van der Waals surface area contributed by atoms with Crippen molar-refractivity contribution in [3.05, 3.63) is 101 Å². The van der Waals surface area contributed by atoms with E-state index in [0.717, 1.165) is 22.5 Å². The van der Waals surface area contributed by atoms with Gasteiger partial charge in [0.05, 0.1) is 30.7 Å². The molecule has 2 heterocycles. The number of nitrogens with one attached hydrogen (secondary N) is 1. The summed E-state index contributed by atoms with van der Waals surface area (Å²) in [6, 6.07) is 20.4. The van der Waals surface area contributed by atoms with Gasteiger partial charge < -0.3 is 19.4 Å². The van der Waals surface area contributed by atoms with Gasteiger partial charge in [-0.25, -0.2) is 9.78 Å². The molecule has 0 aliphatic carbocycles. The zero-order chi connectivity index (χ0) is 28.9. The summed E-state index contributed by atoms with van der Waals surface area (Å²) in [5.41, 5.74) is 5.44. The Morgan fingerprint density at radius 1 is 1.05 bits per heavy atom. The number of imidazole rings is 1. The van der Waals surface area contributed by atoms with Gasteiger partial charge in [0.2, 0.25) is 5.91 Å². The largest absolute Gasteiger partial charge is 0.466 e. The molecule has 0 radical (unpaired) electrons. The third-order valence-electron chi connectivity index (χ3n) is 6.92. The van der Waals surface area contributed by atoms with E-state index in [9.17, 15) is 14.4 Å². The van der Waals surface area contributed by atoms with Crippen LogP contribution in [0.1, 0.15) is 46.3 Å². The Labute approximate surface area is 237 Å². The molecule has 1 aliphatic rings. The number of anilines is 1. The van der Waals surface area contributed by atoms with Crippen LogP contribution in [0.4, 0.5) is 11.4 Å². The van der Waals surface area contributed by atoms with Gasteiger partial charge in [-0.15, -0.1) is 0 Å². The third kappa shape index (κ3) is 5.94. The molecule has 1 atom stereocenters. The van der Waals surface area contributed by atoms with Crippen molar-refractivity contribution in [3.63, 3.8) is 0 Å². The van der Waals surface area contributed by atoms with Gasteiger partial charge in [0.1, 0.15) is 11.7 Å². The molecule has 4 aromatic rings. The fraction of sp³-hybridized carbons (Fsp3) is 0.219. The number of aliphatic imine (C=N–C) groups is 1. The Morgan fingerprint density at radius 3 is 2.56 bits per heavy atom. The minimum absolute atomic E-state index is 0.248. The lowest BCUT2D eigenvalue weighted by atomic mass is 9.89. The van der Waals surface area contributed by atoms with Crippen LogP contribution in [0.25, 0.3) is 11.4 Å². The monoisotopic (exact) mass is 550 g/mol. The minimum atomic E-state index is -0.716. The number of hydrogen-bond acceptors (Lipinski definition) is 7. The van der Waals surface area contributed by atoms with E-state index in [0.29, 0.717) is 41.2 Å². The SMILES string of the molecule is CCOC(=O)CCc1cccc(C(=Nc2ccc(-c3nccn3C)cc2)C2C(=O)Nc3cc(C(=O)OC)ccc32)c1. The van der Waals surface area contributed by atoms with Crippen LogP contribution in [0.5, 0.6) is 0 Å². The summed E-state index contributed by atoms with van der Waals surface area (Å²) in [6.07, 6.45) is 4.38. The molecule has 1 aliphatic heterocycles. The van der Waals surface area contributed by atoms with Crippen LogP contribution < -0.4 is 5.32 Å². The zero-order valence-corrected chi connectivity index (χ0v) is 23.1. The fourth-order valence-electron chi connectivity index (χ4n) is 4.91. The smallest absolute Gasteiger partial charge is 0.337 e. The van der Waals surface area contributed by atoms with Gasteiger partial charge >= 0.3 is 11.9 Å². The second-order valence-electron chi connectivity index (χ2n) is 9.63. The molecule has 0 bridgehead atoms. The van der Waals surface area contributed by atoms with Gasteiger partial charge in [-0.3, -0.25) is 14.6 Å². The van der Waals surface area contributed by atoms with Crippen LogP contribution in [0.15, 0.2) is 84.1 Å². The molecule has 0 spiro atoms. The second-order valence-corrected chi connectivity index (χ2v) is 9.63. The standard InChI is InChI=1S/C32H30N4O5/c1-4-41-27(37)15-8-20-6-5-7-22(18-20)29(34-24-12-9-21(10-13-24)30-33-16-17-36(30)2)28-25-14-11-23(32(39)40-3)19-26(25)35-31(28)38/h5-7,9-14,16-19,28H,4,8,15H2,1-3H3,(H,35,38). The van der Waals surface area contributed by atoms with Crippen LogP contribution >= 0.6 is 0 Å². The Balaban J connectivity index is 1.55. The summed E-state index contributed by atoms with van der Waals surface area (Å²) in [5.74, 6) is -0.874. The number of carbonyl (C=O) groups excluding carboxylic acids is 3. The molecule has 1 aromatic heterocycles. The van der Waals surface area contributed by atoms with Crippen LogP contribution in [0.2, 0.25) is 0 Å². The molecular weight excluding hydrogens is 520 g/mol. The molecule has 208 valence electrons. The third-order valence-corrected chi connectivity index (χ3v) is 6.92. The summed E-state index contributed by atoms with van der Waals surface area (Å²) in [6.45, 7) is 2.12. The van der Waals surface area contributed by atoms with Crippen LogP contribution in [0.3, 0.4) is 0 Å². The van der Waals surface area contributed by atoms with Gasteiger partial charge in [0.15, 0.2) is 0 Å². The first-order valence-electron chi connectivity index (χ1n) is 13.3. The average molecular weight is 551 g/mol. The Kier molecular flexibility index (Phi) is 8.05. The van der Waals surface area contributed by atoms with E-state index in [2.05, 4.69) is 10.3 Å². The van der Waals surface area contributed by atoms with Crippen molar-refractivity contribution in [1.29, 1.82) is 0 Å². The summed E-state index contributed by atoms with van der Waals surface area (Å²) in [7, 11) is 3.25. The fourth-order valence-corrected chi connectivity index (χ4v) is 4.91. The van der Waals surface area contributed by atoms with E-state index in [-0.39, 0.29) is 18.3 Å². The number of carbonyl (C=O) groups is 3. The van der Waals surface area contributed by atoms with Crippen molar-refractivity contribution in [2.75, 3.05) is 19.0 Å². The lowest BCUT2D eigenvalue weighted by Gasteiger charge is -2.15. The number of fused-ring (bicyclic) bond motifs is 1. The highest BCUT2D eigenvalue weighted by Crippen LogP contribution is 2.37. The highest BCUT2D eigenvalue weighted by Gasteiger charge is 2.36. The molecule has 41 heavy (non-hydrogen) atoms. The van der Waals surface area contributed by atoms with E-state index >= 15 is 0 Å². The number of rotatable bonds is 9. The zero-order valence-electron chi connectivity index (χ0n) is 23.1. The van der Waals surface area contributed by atoms with Gasteiger partial charge in [-0.05, 0) is 72.5 Å². The molecule has 3 aromatic carbocycles. The van der Waals surface area contributed by atoms with Gasteiger partial charge in [0.25, 0.3) is 0 Å².